The van der Waals surface area contributed by atoms with Gasteiger partial charge in [0.15, 0.2) is 0 Å². The SMILES string of the molecule is CCNc1c(C(=O)OCC)cnc2cc(F)c(Cl)cc12. The van der Waals surface area contributed by atoms with E-state index in [1.165, 1.54) is 18.3 Å². The van der Waals surface area contributed by atoms with E-state index in [-0.39, 0.29) is 11.6 Å². The minimum absolute atomic E-state index is 0.0144. The van der Waals surface area contributed by atoms with Gasteiger partial charge in [0.25, 0.3) is 0 Å². The molecular formula is C14H14ClFN2O2. The minimum Gasteiger partial charge on any atom is -0.462 e. The molecule has 0 radical (unpaired) electrons. The van der Waals surface area contributed by atoms with Crippen LogP contribution in [0.1, 0.15) is 24.2 Å². The summed E-state index contributed by atoms with van der Waals surface area (Å²) < 4.78 is 18.5. The largest absolute Gasteiger partial charge is 0.462 e. The standard InChI is InChI=1S/C14H14ClFN2O2/c1-3-17-13-8-5-10(15)11(16)6-12(8)18-7-9(13)14(19)20-4-2/h5-7H,3-4H2,1-2H3,(H,17,18). The molecule has 2 aromatic rings. The molecule has 1 aromatic heterocycles. The number of halogens is 2. The lowest BCUT2D eigenvalue weighted by Gasteiger charge is -2.13. The third-order valence-corrected chi connectivity index (χ3v) is 3.05. The van der Waals surface area contributed by atoms with Crippen molar-refractivity contribution in [2.75, 3.05) is 18.5 Å². The second-order valence-corrected chi connectivity index (χ2v) is 4.49. The van der Waals surface area contributed by atoms with Crippen LogP contribution in [0.4, 0.5) is 10.1 Å². The van der Waals surface area contributed by atoms with Crippen molar-refractivity contribution in [3.05, 3.63) is 34.7 Å². The lowest BCUT2D eigenvalue weighted by molar-refractivity contribution is 0.0527. The van der Waals surface area contributed by atoms with Gasteiger partial charge in [-0.3, -0.25) is 4.98 Å². The van der Waals surface area contributed by atoms with Crippen LogP contribution in [0, 0.1) is 5.82 Å². The zero-order valence-corrected chi connectivity index (χ0v) is 11.9. The number of esters is 1. The zero-order valence-electron chi connectivity index (χ0n) is 11.2. The number of hydrogen-bond acceptors (Lipinski definition) is 4. The van der Waals surface area contributed by atoms with Crippen LogP contribution in [-0.2, 0) is 4.74 Å². The van der Waals surface area contributed by atoms with Crippen molar-refractivity contribution in [2.45, 2.75) is 13.8 Å². The van der Waals surface area contributed by atoms with Gasteiger partial charge < -0.3 is 10.1 Å². The van der Waals surface area contributed by atoms with Gasteiger partial charge in [0.2, 0.25) is 0 Å². The van der Waals surface area contributed by atoms with E-state index in [9.17, 15) is 9.18 Å². The molecule has 0 saturated carbocycles. The molecule has 1 aromatic carbocycles. The third-order valence-electron chi connectivity index (χ3n) is 2.76. The first-order valence-corrected chi connectivity index (χ1v) is 6.65. The van der Waals surface area contributed by atoms with Gasteiger partial charge in [0.1, 0.15) is 11.4 Å². The maximum absolute atomic E-state index is 13.5. The van der Waals surface area contributed by atoms with Gasteiger partial charge in [-0.05, 0) is 19.9 Å². The number of carbonyl (C=O) groups excluding carboxylic acids is 1. The second-order valence-electron chi connectivity index (χ2n) is 4.08. The second kappa shape index (κ2) is 6.05. The summed E-state index contributed by atoms with van der Waals surface area (Å²) in [6, 6.07) is 2.70. The predicted molar refractivity (Wildman–Crippen MR) is 76.8 cm³/mol. The number of aromatic nitrogens is 1. The average Bonchev–Trinajstić information content (AvgIpc) is 2.41. The molecule has 4 nitrogen and oxygen atoms in total. The molecule has 1 N–H and O–H groups in total. The van der Waals surface area contributed by atoms with E-state index in [4.69, 9.17) is 16.3 Å². The summed E-state index contributed by atoms with van der Waals surface area (Å²) in [5, 5.41) is 3.66. The molecule has 106 valence electrons. The Morgan fingerprint density at radius 2 is 2.20 bits per heavy atom. The number of pyridine rings is 1. The van der Waals surface area contributed by atoms with Gasteiger partial charge in [-0.25, -0.2) is 9.18 Å². The predicted octanol–water partition coefficient (Wildman–Crippen LogP) is 3.64. The molecule has 20 heavy (non-hydrogen) atoms. The number of carbonyl (C=O) groups is 1. The topological polar surface area (TPSA) is 51.2 Å². The van der Waals surface area contributed by atoms with E-state index in [1.807, 2.05) is 6.92 Å². The highest BCUT2D eigenvalue weighted by molar-refractivity contribution is 6.31. The first kappa shape index (κ1) is 14.5. The first-order chi connectivity index (χ1) is 9.58. The number of nitrogens with zero attached hydrogens (tertiary/aromatic N) is 1. The molecule has 0 spiro atoms. The summed E-state index contributed by atoms with van der Waals surface area (Å²) in [6.45, 7) is 4.49. The average molecular weight is 297 g/mol. The third kappa shape index (κ3) is 2.67. The molecule has 0 aliphatic heterocycles. The van der Waals surface area contributed by atoms with E-state index < -0.39 is 11.8 Å². The summed E-state index contributed by atoms with van der Waals surface area (Å²) >= 11 is 5.81. The highest BCUT2D eigenvalue weighted by atomic mass is 35.5. The van der Waals surface area contributed by atoms with Crippen LogP contribution in [0.15, 0.2) is 18.3 Å². The van der Waals surface area contributed by atoms with Gasteiger partial charge in [0, 0.05) is 24.2 Å². The van der Waals surface area contributed by atoms with E-state index in [0.717, 1.165) is 0 Å². The van der Waals surface area contributed by atoms with Crippen LogP contribution in [0.3, 0.4) is 0 Å². The zero-order chi connectivity index (χ0) is 14.7. The summed E-state index contributed by atoms with van der Waals surface area (Å²) in [4.78, 5) is 16.0. The van der Waals surface area contributed by atoms with Crippen LogP contribution >= 0.6 is 11.6 Å². The van der Waals surface area contributed by atoms with Gasteiger partial charge in [-0.1, -0.05) is 11.6 Å². The summed E-state index contributed by atoms with van der Waals surface area (Å²) in [5.41, 5.74) is 1.29. The lowest BCUT2D eigenvalue weighted by Crippen LogP contribution is -2.11. The minimum atomic E-state index is -0.544. The Bertz CT molecular complexity index is 661. The fourth-order valence-electron chi connectivity index (χ4n) is 1.92. The van der Waals surface area contributed by atoms with E-state index >= 15 is 0 Å². The molecule has 0 saturated heterocycles. The number of rotatable bonds is 4. The number of ether oxygens (including phenoxy) is 1. The van der Waals surface area contributed by atoms with E-state index in [0.29, 0.717) is 28.7 Å². The molecule has 0 amide bonds. The van der Waals surface area contributed by atoms with E-state index in [2.05, 4.69) is 10.3 Å². The monoisotopic (exact) mass is 296 g/mol. The molecule has 0 bridgehead atoms. The Labute approximate surface area is 120 Å². The molecule has 0 unspecified atom stereocenters. The van der Waals surface area contributed by atoms with E-state index in [1.54, 1.807) is 6.92 Å². The molecule has 0 fully saturated rings. The van der Waals surface area contributed by atoms with Crippen molar-refractivity contribution in [2.24, 2.45) is 0 Å². The Kier molecular flexibility index (Phi) is 4.39. The van der Waals surface area contributed by atoms with Gasteiger partial charge in [0.05, 0.1) is 22.8 Å². The number of hydrogen-bond donors (Lipinski definition) is 1. The molecule has 0 aliphatic rings. The van der Waals surface area contributed by atoms with Gasteiger partial charge in [-0.2, -0.15) is 0 Å². The van der Waals surface area contributed by atoms with Crippen LogP contribution in [-0.4, -0.2) is 24.1 Å². The fourth-order valence-corrected chi connectivity index (χ4v) is 2.08. The number of anilines is 1. The highest BCUT2D eigenvalue weighted by Gasteiger charge is 2.17. The number of nitrogens with one attached hydrogen (secondary N) is 1. The first-order valence-electron chi connectivity index (χ1n) is 6.27. The lowest BCUT2D eigenvalue weighted by atomic mass is 10.1. The van der Waals surface area contributed by atoms with Crippen molar-refractivity contribution in [3.8, 4) is 0 Å². The van der Waals surface area contributed by atoms with Crippen molar-refractivity contribution in [1.29, 1.82) is 0 Å². The molecule has 1 heterocycles. The Balaban J connectivity index is 2.67. The fraction of sp³-hybridized carbons (Fsp3) is 0.286. The maximum atomic E-state index is 13.5. The van der Waals surface area contributed by atoms with Crippen molar-refractivity contribution >= 4 is 34.2 Å². The van der Waals surface area contributed by atoms with Crippen LogP contribution in [0.25, 0.3) is 10.9 Å². The van der Waals surface area contributed by atoms with Crippen LogP contribution in [0.5, 0.6) is 0 Å². The normalized spacial score (nSPS) is 10.6. The maximum Gasteiger partial charge on any atom is 0.341 e. The molecule has 0 aliphatic carbocycles. The summed E-state index contributed by atoms with van der Waals surface area (Å²) in [5.74, 6) is -1.02. The van der Waals surface area contributed by atoms with Gasteiger partial charge >= 0.3 is 5.97 Å². The molecular weight excluding hydrogens is 283 g/mol. The van der Waals surface area contributed by atoms with Crippen molar-refractivity contribution < 1.29 is 13.9 Å². The Morgan fingerprint density at radius 3 is 2.85 bits per heavy atom. The summed E-state index contributed by atoms with van der Waals surface area (Å²) in [7, 11) is 0. The van der Waals surface area contributed by atoms with Crippen LogP contribution in [0.2, 0.25) is 5.02 Å². The van der Waals surface area contributed by atoms with Crippen molar-refractivity contribution in [3.63, 3.8) is 0 Å². The molecule has 0 atom stereocenters. The molecule has 6 heteroatoms. The number of benzene rings is 1. The smallest absolute Gasteiger partial charge is 0.341 e. The van der Waals surface area contributed by atoms with Crippen molar-refractivity contribution in [1.82, 2.24) is 4.98 Å². The highest BCUT2D eigenvalue weighted by Crippen LogP contribution is 2.30. The molecule has 2 rings (SSSR count). The summed E-state index contributed by atoms with van der Waals surface area (Å²) in [6.07, 6.45) is 1.38. The Hall–Kier alpha value is -1.88. The quantitative estimate of drug-likeness (QED) is 0.875. The number of fused-ring (bicyclic) bond motifs is 1. The Morgan fingerprint density at radius 1 is 1.45 bits per heavy atom. The van der Waals surface area contributed by atoms with Crippen LogP contribution < -0.4 is 5.32 Å². The van der Waals surface area contributed by atoms with Gasteiger partial charge in [-0.15, -0.1) is 0 Å².